The molecule has 0 fully saturated rings. The average molecular weight is 470 g/mol. The molecule has 3 rings (SSSR count). The smallest absolute Gasteiger partial charge is 0.339 e. The molecule has 0 aliphatic heterocycles. The van der Waals surface area contributed by atoms with Crippen molar-refractivity contribution < 1.29 is 27.2 Å². The molecule has 0 aliphatic carbocycles. The summed E-state index contributed by atoms with van der Waals surface area (Å²) >= 11 is 0. The molecule has 0 heterocycles. The fourth-order valence-corrected chi connectivity index (χ4v) is 3.47. The van der Waals surface area contributed by atoms with Crippen LogP contribution in [0.5, 0.6) is 5.75 Å². The second kappa shape index (κ2) is 9.65. The first kappa shape index (κ1) is 23.0. The number of carbonyl (C=O) groups is 1. The highest BCUT2D eigenvalue weighted by Crippen LogP contribution is 2.21. The molecule has 0 bridgehead atoms. The molecule has 12 nitrogen and oxygen atoms in total. The van der Waals surface area contributed by atoms with Crippen LogP contribution < -0.4 is 9.61 Å². The van der Waals surface area contributed by atoms with Gasteiger partial charge in [-0.15, -0.1) is 0 Å². The molecule has 0 atom stereocenters. The number of amides is 1. The minimum atomic E-state index is -4.25. The molecule has 0 radical (unpaired) electrons. The molecule has 3 aromatic rings. The van der Waals surface area contributed by atoms with Crippen molar-refractivity contribution in [1.29, 1.82) is 0 Å². The largest absolute Gasteiger partial charge is 0.379 e. The molecule has 168 valence electrons. The van der Waals surface area contributed by atoms with E-state index in [1.165, 1.54) is 42.6 Å². The van der Waals surface area contributed by atoms with Crippen molar-refractivity contribution in [3.8, 4) is 5.75 Å². The van der Waals surface area contributed by atoms with Gasteiger partial charge in [0, 0.05) is 29.8 Å². The average Bonchev–Trinajstić information content (AvgIpc) is 2.79. The lowest BCUT2D eigenvalue weighted by Crippen LogP contribution is -2.17. The molecule has 0 spiro atoms. The van der Waals surface area contributed by atoms with Crippen molar-refractivity contribution in [1.82, 2.24) is 5.43 Å². The number of hydrazone groups is 1. The third-order valence-electron chi connectivity index (χ3n) is 4.10. The predicted molar refractivity (Wildman–Crippen MR) is 116 cm³/mol. The van der Waals surface area contributed by atoms with Gasteiger partial charge >= 0.3 is 10.1 Å². The van der Waals surface area contributed by atoms with Crippen LogP contribution in [0, 0.1) is 20.2 Å². The highest BCUT2D eigenvalue weighted by atomic mass is 32.2. The van der Waals surface area contributed by atoms with Gasteiger partial charge in [-0.1, -0.05) is 18.2 Å². The Bertz CT molecular complexity index is 1350. The summed E-state index contributed by atoms with van der Waals surface area (Å²) in [6.45, 7) is 0. The fraction of sp³-hybridized carbons (Fsp3) is 0. The third-order valence-corrected chi connectivity index (χ3v) is 5.36. The zero-order valence-electron chi connectivity index (χ0n) is 16.5. The number of nitrogens with one attached hydrogen (secondary N) is 1. The number of nitro benzene ring substituents is 2. The van der Waals surface area contributed by atoms with Crippen molar-refractivity contribution in [2.75, 3.05) is 0 Å². The number of nitrogens with zero attached hydrogens (tertiary/aromatic N) is 3. The van der Waals surface area contributed by atoms with Crippen molar-refractivity contribution >= 4 is 33.6 Å². The molecular weight excluding hydrogens is 456 g/mol. The summed E-state index contributed by atoms with van der Waals surface area (Å²) in [5.74, 6) is -0.731. The van der Waals surface area contributed by atoms with Crippen LogP contribution in [0.15, 0.2) is 82.8 Å². The monoisotopic (exact) mass is 470 g/mol. The summed E-state index contributed by atoms with van der Waals surface area (Å²) in [7, 11) is -4.25. The minimum absolute atomic E-state index is 0.0348. The zero-order chi connectivity index (χ0) is 24.0. The van der Waals surface area contributed by atoms with Crippen LogP contribution in [0.2, 0.25) is 0 Å². The summed E-state index contributed by atoms with van der Waals surface area (Å²) in [4.78, 5) is 32.0. The molecule has 1 amide bonds. The topological polar surface area (TPSA) is 171 Å². The Hall–Kier alpha value is -4.65. The second-order valence-electron chi connectivity index (χ2n) is 6.37. The first-order valence-corrected chi connectivity index (χ1v) is 10.4. The number of carbonyl (C=O) groups excluding carboxylic acids is 1. The van der Waals surface area contributed by atoms with Crippen molar-refractivity contribution in [3.05, 3.63) is 104 Å². The van der Waals surface area contributed by atoms with E-state index in [-0.39, 0.29) is 27.6 Å². The summed E-state index contributed by atoms with van der Waals surface area (Å²) in [6, 6.07) is 15.1. The lowest BCUT2D eigenvalue weighted by atomic mass is 10.2. The van der Waals surface area contributed by atoms with Gasteiger partial charge in [-0.2, -0.15) is 13.5 Å². The zero-order valence-corrected chi connectivity index (χ0v) is 17.3. The molecule has 33 heavy (non-hydrogen) atoms. The lowest BCUT2D eigenvalue weighted by Gasteiger charge is -2.07. The molecule has 3 aromatic carbocycles. The van der Waals surface area contributed by atoms with E-state index in [1.807, 2.05) is 0 Å². The van der Waals surface area contributed by atoms with E-state index in [9.17, 15) is 33.4 Å². The predicted octanol–water partition coefficient (Wildman–Crippen LogP) is 3.03. The van der Waals surface area contributed by atoms with Crippen LogP contribution >= 0.6 is 0 Å². The Kier molecular flexibility index (Phi) is 6.74. The van der Waals surface area contributed by atoms with Gasteiger partial charge < -0.3 is 4.18 Å². The van der Waals surface area contributed by atoms with E-state index in [2.05, 4.69) is 10.5 Å². The van der Waals surface area contributed by atoms with E-state index < -0.39 is 25.9 Å². The quantitative estimate of drug-likeness (QED) is 0.226. The van der Waals surface area contributed by atoms with Crippen LogP contribution in [0.3, 0.4) is 0 Å². The number of rotatable bonds is 8. The molecule has 0 aliphatic rings. The third kappa shape index (κ3) is 5.95. The van der Waals surface area contributed by atoms with E-state index in [4.69, 9.17) is 4.18 Å². The van der Waals surface area contributed by atoms with Crippen LogP contribution in [-0.4, -0.2) is 30.4 Å². The molecule has 1 N–H and O–H groups in total. The van der Waals surface area contributed by atoms with Gasteiger partial charge in [0.1, 0.15) is 10.6 Å². The lowest BCUT2D eigenvalue weighted by molar-refractivity contribution is -0.385. The summed E-state index contributed by atoms with van der Waals surface area (Å²) in [5, 5.41) is 25.3. The van der Waals surface area contributed by atoms with E-state index in [1.54, 1.807) is 6.07 Å². The first-order valence-electron chi connectivity index (χ1n) is 9.02. The second-order valence-corrected chi connectivity index (χ2v) is 7.91. The van der Waals surface area contributed by atoms with Gasteiger partial charge in [0.25, 0.3) is 17.3 Å². The standard InChI is InChI=1S/C20H14N4O8S/c25-20(15-4-2-5-17(12-15)24(28)29)22-21-13-14-3-1-6-18(11-14)32-33(30,31)19-9-7-16(8-10-19)23(26)27/h1-13H,(H,22,25)/b21-13-. The Balaban J connectivity index is 1.68. The Morgan fingerprint density at radius 1 is 0.909 bits per heavy atom. The fourth-order valence-electron chi connectivity index (χ4n) is 2.55. The molecule has 0 saturated heterocycles. The molecule has 0 unspecified atom stereocenters. The van der Waals surface area contributed by atoms with Crippen molar-refractivity contribution in [2.45, 2.75) is 4.90 Å². The number of hydrogen-bond donors (Lipinski definition) is 1. The maximum Gasteiger partial charge on any atom is 0.339 e. The minimum Gasteiger partial charge on any atom is -0.379 e. The Morgan fingerprint density at radius 3 is 2.24 bits per heavy atom. The van der Waals surface area contributed by atoms with Crippen LogP contribution in [0.4, 0.5) is 11.4 Å². The van der Waals surface area contributed by atoms with Gasteiger partial charge in [-0.3, -0.25) is 25.0 Å². The van der Waals surface area contributed by atoms with E-state index in [0.717, 1.165) is 30.3 Å². The summed E-state index contributed by atoms with van der Waals surface area (Å²) < 4.78 is 29.8. The normalized spacial score (nSPS) is 11.2. The molecular formula is C20H14N4O8S. The number of hydrogen-bond acceptors (Lipinski definition) is 9. The van der Waals surface area contributed by atoms with E-state index in [0.29, 0.717) is 5.56 Å². The SMILES string of the molecule is O=C(N/N=C\c1cccc(OS(=O)(=O)c2ccc([N+](=O)[O-])cc2)c1)c1cccc([N+](=O)[O-])c1. The van der Waals surface area contributed by atoms with Crippen LogP contribution in [0.25, 0.3) is 0 Å². The molecule has 0 aromatic heterocycles. The first-order chi connectivity index (χ1) is 15.7. The molecule has 13 heteroatoms. The number of benzene rings is 3. The maximum absolute atomic E-state index is 12.4. The van der Waals surface area contributed by atoms with Crippen molar-refractivity contribution in [3.63, 3.8) is 0 Å². The van der Waals surface area contributed by atoms with Gasteiger partial charge in [0.2, 0.25) is 0 Å². The summed E-state index contributed by atoms with van der Waals surface area (Å²) in [6.07, 6.45) is 1.22. The Morgan fingerprint density at radius 2 is 1.58 bits per heavy atom. The maximum atomic E-state index is 12.4. The summed E-state index contributed by atoms with van der Waals surface area (Å²) in [5.41, 5.74) is 2.12. The number of nitro groups is 2. The molecule has 0 saturated carbocycles. The van der Waals surface area contributed by atoms with Crippen molar-refractivity contribution in [2.24, 2.45) is 5.10 Å². The number of non-ortho nitro benzene ring substituents is 2. The van der Waals surface area contributed by atoms with Gasteiger partial charge in [-0.25, -0.2) is 5.43 Å². The highest BCUT2D eigenvalue weighted by Gasteiger charge is 2.18. The van der Waals surface area contributed by atoms with Gasteiger partial charge in [0.15, 0.2) is 0 Å². The van der Waals surface area contributed by atoms with E-state index >= 15 is 0 Å². The highest BCUT2D eigenvalue weighted by molar-refractivity contribution is 7.87. The Labute approximate surface area is 186 Å². The van der Waals surface area contributed by atoms with Crippen LogP contribution in [0.1, 0.15) is 15.9 Å². The van der Waals surface area contributed by atoms with Gasteiger partial charge in [-0.05, 0) is 35.9 Å². The van der Waals surface area contributed by atoms with Gasteiger partial charge in [0.05, 0.1) is 16.1 Å². The van der Waals surface area contributed by atoms with Crippen LogP contribution in [-0.2, 0) is 10.1 Å².